The number of carbonyl (C=O) groups excluding carboxylic acids is 1. The Balaban J connectivity index is 1.57. The standard InChI is InChI=1S/C25H18BrN3O6S/c1-28-23(30)22(36-25(28)27-19-8-5-16(6-9-19)24(31)32)13-17-12-18(26)7-10-21(17)35-14-15-3-2-4-20(11-15)29(33)34/h2-13H,14H2,1H3,(H,31,32). The van der Waals surface area contributed by atoms with Crippen LogP contribution in [0.5, 0.6) is 5.75 Å². The summed E-state index contributed by atoms with van der Waals surface area (Å²) in [5, 5.41) is 20.5. The summed E-state index contributed by atoms with van der Waals surface area (Å²) in [6, 6.07) is 17.6. The van der Waals surface area contributed by atoms with Crippen molar-refractivity contribution in [1.82, 2.24) is 4.90 Å². The van der Waals surface area contributed by atoms with Crippen LogP contribution in [-0.4, -0.2) is 39.0 Å². The third-order valence-electron chi connectivity index (χ3n) is 5.12. The third kappa shape index (κ3) is 5.81. The maximum atomic E-state index is 12.9. The summed E-state index contributed by atoms with van der Waals surface area (Å²) >= 11 is 4.63. The lowest BCUT2D eigenvalue weighted by Gasteiger charge is -2.10. The van der Waals surface area contributed by atoms with Gasteiger partial charge in [0.2, 0.25) is 0 Å². The molecule has 1 N–H and O–H groups in total. The van der Waals surface area contributed by atoms with E-state index < -0.39 is 10.9 Å². The molecule has 1 aliphatic rings. The molecular weight excluding hydrogens is 550 g/mol. The molecule has 0 spiro atoms. The predicted molar refractivity (Wildman–Crippen MR) is 140 cm³/mol. The molecule has 0 unspecified atom stereocenters. The Hall–Kier alpha value is -3.96. The molecule has 1 fully saturated rings. The van der Waals surface area contributed by atoms with Crippen LogP contribution in [0.3, 0.4) is 0 Å². The van der Waals surface area contributed by atoms with E-state index in [0.717, 1.165) is 4.47 Å². The van der Waals surface area contributed by atoms with E-state index in [2.05, 4.69) is 20.9 Å². The Morgan fingerprint density at radius 3 is 2.64 bits per heavy atom. The van der Waals surface area contributed by atoms with Crippen molar-refractivity contribution in [2.75, 3.05) is 7.05 Å². The lowest BCUT2D eigenvalue weighted by atomic mass is 10.1. The van der Waals surface area contributed by atoms with Crippen LogP contribution in [0.1, 0.15) is 21.5 Å². The summed E-state index contributed by atoms with van der Waals surface area (Å²) in [5.74, 6) is -0.770. The highest BCUT2D eigenvalue weighted by Gasteiger charge is 2.30. The number of aliphatic imine (C=N–C) groups is 1. The number of aromatic carboxylic acids is 1. The lowest BCUT2D eigenvalue weighted by molar-refractivity contribution is -0.384. The van der Waals surface area contributed by atoms with Gasteiger partial charge in [0.15, 0.2) is 5.17 Å². The topological polar surface area (TPSA) is 122 Å². The number of hydrogen-bond acceptors (Lipinski definition) is 7. The van der Waals surface area contributed by atoms with Gasteiger partial charge >= 0.3 is 5.97 Å². The van der Waals surface area contributed by atoms with E-state index in [9.17, 15) is 19.7 Å². The molecule has 0 atom stereocenters. The van der Waals surface area contributed by atoms with E-state index in [1.165, 1.54) is 40.9 Å². The molecule has 0 aromatic heterocycles. The van der Waals surface area contributed by atoms with Crippen molar-refractivity contribution in [3.8, 4) is 5.75 Å². The molecule has 3 aromatic carbocycles. The molecule has 3 aromatic rings. The Labute approximate surface area is 218 Å². The van der Waals surface area contributed by atoms with E-state index in [4.69, 9.17) is 9.84 Å². The second-order valence-corrected chi connectivity index (χ2v) is 9.54. The first-order chi connectivity index (χ1) is 17.2. The Kier molecular flexibility index (Phi) is 7.51. The summed E-state index contributed by atoms with van der Waals surface area (Å²) in [7, 11) is 1.61. The minimum absolute atomic E-state index is 0.0188. The number of ether oxygens (including phenoxy) is 1. The molecule has 1 saturated heterocycles. The van der Waals surface area contributed by atoms with Gasteiger partial charge in [-0.1, -0.05) is 28.1 Å². The molecule has 1 aliphatic heterocycles. The fourth-order valence-corrected chi connectivity index (χ4v) is 4.62. The first-order valence-electron chi connectivity index (χ1n) is 10.5. The number of amides is 1. The quantitative estimate of drug-likeness (QED) is 0.215. The molecule has 182 valence electrons. The van der Waals surface area contributed by atoms with Crippen molar-refractivity contribution in [3.63, 3.8) is 0 Å². The van der Waals surface area contributed by atoms with E-state index in [1.54, 1.807) is 49.5 Å². The van der Waals surface area contributed by atoms with Crippen LogP contribution in [0.2, 0.25) is 0 Å². The number of carboxylic acids is 1. The van der Waals surface area contributed by atoms with Gasteiger partial charge in [0.25, 0.3) is 11.6 Å². The monoisotopic (exact) mass is 567 g/mol. The number of halogens is 1. The van der Waals surface area contributed by atoms with Crippen molar-refractivity contribution < 1.29 is 24.4 Å². The maximum Gasteiger partial charge on any atom is 0.335 e. The number of benzene rings is 3. The minimum Gasteiger partial charge on any atom is -0.488 e. The van der Waals surface area contributed by atoms with Gasteiger partial charge in [-0.05, 0) is 65.9 Å². The zero-order valence-electron chi connectivity index (χ0n) is 18.8. The second kappa shape index (κ2) is 10.8. The molecular formula is C25H18BrN3O6S. The van der Waals surface area contributed by atoms with Crippen LogP contribution in [0.25, 0.3) is 6.08 Å². The first kappa shape index (κ1) is 25.1. The summed E-state index contributed by atoms with van der Waals surface area (Å²) in [6.07, 6.45) is 1.70. The second-order valence-electron chi connectivity index (χ2n) is 7.62. The Bertz CT molecular complexity index is 1420. The van der Waals surface area contributed by atoms with Gasteiger partial charge in [0, 0.05) is 29.2 Å². The number of nitro benzene ring substituents is 1. The van der Waals surface area contributed by atoms with Gasteiger partial charge in [-0.2, -0.15) is 0 Å². The average Bonchev–Trinajstić information content (AvgIpc) is 3.11. The molecule has 1 heterocycles. The number of hydrogen-bond donors (Lipinski definition) is 1. The Morgan fingerprint density at radius 1 is 1.19 bits per heavy atom. The summed E-state index contributed by atoms with van der Waals surface area (Å²) in [5.41, 5.74) is 1.93. The highest BCUT2D eigenvalue weighted by molar-refractivity contribution is 9.10. The molecule has 0 radical (unpaired) electrons. The SMILES string of the molecule is CN1C(=O)C(=Cc2cc(Br)ccc2OCc2cccc([N+](=O)[O-])c2)SC1=Nc1ccc(C(=O)O)cc1. The normalized spacial score (nSPS) is 15.5. The van der Waals surface area contributed by atoms with Crippen LogP contribution in [0.15, 0.2) is 81.1 Å². The van der Waals surface area contributed by atoms with Crippen LogP contribution in [0.4, 0.5) is 11.4 Å². The van der Waals surface area contributed by atoms with E-state index in [0.29, 0.717) is 32.6 Å². The lowest BCUT2D eigenvalue weighted by Crippen LogP contribution is -2.23. The molecule has 0 bridgehead atoms. The third-order valence-corrected chi connectivity index (χ3v) is 6.67. The zero-order valence-corrected chi connectivity index (χ0v) is 21.2. The number of thioether (sulfide) groups is 1. The maximum absolute atomic E-state index is 12.9. The van der Waals surface area contributed by atoms with Crippen molar-refractivity contribution >= 4 is 62.2 Å². The van der Waals surface area contributed by atoms with Gasteiger partial charge in [-0.15, -0.1) is 0 Å². The number of non-ortho nitro benzene ring substituents is 1. The number of amidine groups is 1. The van der Waals surface area contributed by atoms with E-state index >= 15 is 0 Å². The van der Waals surface area contributed by atoms with Crippen LogP contribution in [0, 0.1) is 10.1 Å². The van der Waals surface area contributed by atoms with Crippen molar-refractivity contribution in [1.29, 1.82) is 0 Å². The molecule has 0 saturated carbocycles. The highest BCUT2D eigenvalue weighted by Crippen LogP contribution is 2.35. The first-order valence-corrected chi connectivity index (χ1v) is 12.1. The van der Waals surface area contributed by atoms with Crippen LogP contribution < -0.4 is 4.74 Å². The van der Waals surface area contributed by atoms with E-state index in [-0.39, 0.29) is 23.8 Å². The number of nitro groups is 1. The van der Waals surface area contributed by atoms with Gasteiger partial charge in [-0.3, -0.25) is 19.8 Å². The van der Waals surface area contributed by atoms with Crippen molar-refractivity contribution in [2.45, 2.75) is 6.61 Å². The number of nitrogens with zero attached hydrogens (tertiary/aromatic N) is 3. The van der Waals surface area contributed by atoms with Crippen molar-refractivity contribution in [3.05, 3.63) is 103 Å². The molecule has 11 heteroatoms. The zero-order chi connectivity index (χ0) is 25.8. The number of rotatable bonds is 7. The number of carboxylic acid groups (broad SMARTS) is 1. The molecule has 1 amide bonds. The number of carbonyl (C=O) groups is 2. The minimum atomic E-state index is -1.03. The largest absolute Gasteiger partial charge is 0.488 e. The summed E-state index contributed by atoms with van der Waals surface area (Å²) in [4.78, 5) is 40.8. The van der Waals surface area contributed by atoms with Gasteiger partial charge < -0.3 is 9.84 Å². The molecule has 9 nitrogen and oxygen atoms in total. The van der Waals surface area contributed by atoms with Gasteiger partial charge in [-0.25, -0.2) is 9.79 Å². The predicted octanol–water partition coefficient (Wildman–Crippen LogP) is 5.87. The van der Waals surface area contributed by atoms with Gasteiger partial charge in [0.1, 0.15) is 12.4 Å². The van der Waals surface area contributed by atoms with Crippen molar-refractivity contribution in [2.24, 2.45) is 4.99 Å². The average molecular weight is 568 g/mol. The number of likely N-dealkylation sites (N-methyl/N-ethyl adjacent to an activating group) is 1. The molecule has 4 rings (SSSR count). The smallest absolute Gasteiger partial charge is 0.335 e. The fraction of sp³-hybridized carbons (Fsp3) is 0.0800. The van der Waals surface area contributed by atoms with E-state index in [1.807, 2.05) is 6.07 Å². The summed E-state index contributed by atoms with van der Waals surface area (Å²) in [6.45, 7) is 0.111. The molecule has 36 heavy (non-hydrogen) atoms. The molecule has 0 aliphatic carbocycles. The van der Waals surface area contributed by atoms with Crippen LogP contribution >= 0.6 is 27.7 Å². The highest BCUT2D eigenvalue weighted by atomic mass is 79.9. The van der Waals surface area contributed by atoms with Crippen LogP contribution in [-0.2, 0) is 11.4 Å². The Morgan fingerprint density at radius 2 is 1.94 bits per heavy atom. The summed E-state index contributed by atoms with van der Waals surface area (Å²) < 4.78 is 6.72. The fourth-order valence-electron chi connectivity index (χ4n) is 3.27. The van der Waals surface area contributed by atoms with Gasteiger partial charge in [0.05, 0.1) is 21.1 Å².